The first-order valence-corrected chi connectivity index (χ1v) is 7.13. The highest BCUT2D eigenvalue weighted by molar-refractivity contribution is 6.26. The normalized spacial score (nSPS) is 17.4. The highest BCUT2D eigenvalue weighted by Gasteiger charge is 2.46. The van der Waals surface area contributed by atoms with Gasteiger partial charge in [0.15, 0.2) is 0 Å². The van der Waals surface area contributed by atoms with E-state index in [0.29, 0.717) is 19.4 Å². The van der Waals surface area contributed by atoms with Gasteiger partial charge >= 0.3 is 11.9 Å². The summed E-state index contributed by atoms with van der Waals surface area (Å²) in [5, 5.41) is 0. The minimum Gasteiger partial charge on any atom is -0.463 e. The third-order valence-electron chi connectivity index (χ3n) is 3.18. The van der Waals surface area contributed by atoms with Gasteiger partial charge in [0.2, 0.25) is 5.60 Å². The first kappa shape index (κ1) is 15.3. The van der Waals surface area contributed by atoms with E-state index in [1.54, 1.807) is 0 Å². The highest BCUT2D eigenvalue weighted by atomic mass is 35.5. The molecule has 0 aliphatic heterocycles. The first-order chi connectivity index (χ1) is 8.64. The molecule has 1 rings (SSSR count). The van der Waals surface area contributed by atoms with Crippen LogP contribution in [0.15, 0.2) is 0 Å². The second-order valence-electron chi connectivity index (χ2n) is 4.65. The Morgan fingerprint density at radius 1 is 1.22 bits per heavy atom. The van der Waals surface area contributed by atoms with Crippen molar-refractivity contribution in [1.29, 1.82) is 0 Å². The molecule has 4 nitrogen and oxygen atoms in total. The van der Waals surface area contributed by atoms with Gasteiger partial charge in [-0.1, -0.05) is 19.8 Å². The fraction of sp³-hybridized carbons (Fsp3) is 0.846. The molecule has 0 amide bonds. The fourth-order valence-electron chi connectivity index (χ4n) is 2.19. The van der Waals surface area contributed by atoms with Gasteiger partial charge in [-0.3, -0.25) is 4.79 Å². The van der Waals surface area contributed by atoms with Gasteiger partial charge in [0.1, 0.15) is 5.88 Å². The highest BCUT2D eigenvalue weighted by Crippen LogP contribution is 2.34. The Balaban J connectivity index is 2.49. The van der Waals surface area contributed by atoms with Gasteiger partial charge < -0.3 is 9.47 Å². The van der Waals surface area contributed by atoms with Crippen molar-refractivity contribution in [1.82, 2.24) is 0 Å². The van der Waals surface area contributed by atoms with Gasteiger partial charge in [0.25, 0.3) is 0 Å². The SMILES string of the molecule is CCCCCOC(=O)C1(OC(=O)CCl)CCCC1. The maximum absolute atomic E-state index is 12.0. The molecule has 0 heterocycles. The summed E-state index contributed by atoms with van der Waals surface area (Å²) in [6, 6.07) is 0. The van der Waals surface area contributed by atoms with E-state index in [0.717, 1.165) is 32.1 Å². The molecule has 0 saturated heterocycles. The lowest BCUT2D eigenvalue weighted by Crippen LogP contribution is -2.42. The number of halogens is 1. The van der Waals surface area contributed by atoms with E-state index in [-0.39, 0.29) is 5.88 Å². The van der Waals surface area contributed by atoms with Crippen molar-refractivity contribution >= 4 is 23.5 Å². The molecule has 1 fully saturated rings. The fourth-order valence-corrected chi connectivity index (χ4v) is 2.24. The molecule has 0 radical (unpaired) electrons. The van der Waals surface area contributed by atoms with Gasteiger partial charge in [0.05, 0.1) is 6.61 Å². The summed E-state index contributed by atoms with van der Waals surface area (Å²) >= 11 is 5.42. The van der Waals surface area contributed by atoms with Crippen molar-refractivity contribution in [3.8, 4) is 0 Å². The van der Waals surface area contributed by atoms with Crippen LogP contribution in [0, 0.1) is 0 Å². The Labute approximate surface area is 113 Å². The van der Waals surface area contributed by atoms with Crippen LogP contribution in [0.5, 0.6) is 0 Å². The predicted molar refractivity (Wildman–Crippen MR) is 68.5 cm³/mol. The lowest BCUT2D eigenvalue weighted by atomic mass is 10.0. The standard InChI is InChI=1S/C13H21ClO4/c1-2-3-6-9-17-12(16)13(7-4-5-8-13)18-11(15)10-14/h2-10H2,1H3. The second-order valence-corrected chi connectivity index (χ2v) is 4.92. The van der Waals surface area contributed by atoms with Crippen LogP contribution in [0.4, 0.5) is 0 Å². The van der Waals surface area contributed by atoms with Crippen LogP contribution in [0.25, 0.3) is 0 Å². The Hall–Kier alpha value is -0.770. The topological polar surface area (TPSA) is 52.6 Å². The molecule has 0 N–H and O–H groups in total. The summed E-state index contributed by atoms with van der Waals surface area (Å²) < 4.78 is 10.4. The number of unbranched alkanes of at least 4 members (excludes halogenated alkanes) is 2. The van der Waals surface area contributed by atoms with E-state index in [1.165, 1.54) is 0 Å². The third kappa shape index (κ3) is 4.16. The van der Waals surface area contributed by atoms with Crippen LogP contribution in [-0.2, 0) is 19.1 Å². The molecule has 0 aromatic rings. The van der Waals surface area contributed by atoms with Crippen LogP contribution in [-0.4, -0.2) is 30.0 Å². The quantitative estimate of drug-likeness (QED) is 0.408. The molecule has 1 aliphatic carbocycles. The maximum atomic E-state index is 12.0. The molecule has 0 unspecified atom stereocenters. The number of alkyl halides is 1. The molecule has 0 spiro atoms. The molecule has 104 valence electrons. The summed E-state index contributed by atoms with van der Waals surface area (Å²) in [4.78, 5) is 23.3. The summed E-state index contributed by atoms with van der Waals surface area (Å²) in [6.45, 7) is 2.48. The summed E-state index contributed by atoms with van der Waals surface area (Å²) in [7, 11) is 0. The van der Waals surface area contributed by atoms with Gasteiger partial charge in [-0.2, -0.15) is 0 Å². The molecule has 0 aromatic carbocycles. The van der Waals surface area contributed by atoms with Crippen molar-refractivity contribution < 1.29 is 19.1 Å². The van der Waals surface area contributed by atoms with E-state index in [9.17, 15) is 9.59 Å². The minimum atomic E-state index is -1.07. The Morgan fingerprint density at radius 3 is 2.44 bits per heavy atom. The zero-order chi connectivity index (χ0) is 13.4. The number of esters is 2. The number of hydrogen-bond donors (Lipinski definition) is 0. The largest absolute Gasteiger partial charge is 0.463 e. The maximum Gasteiger partial charge on any atom is 0.350 e. The number of carbonyl (C=O) groups is 2. The van der Waals surface area contributed by atoms with Crippen LogP contribution in [0.2, 0.25) is 0 Å². The molecular formula is C13H21ClO4. The number of ether oxygens (including phenoxy) is 2. The molecule has 0 aromatic heterocycles. The van der Waals surface area contributed by atoms with E-state index >= 15 is 0 Å². The molecule has 0 atom stereocenters. The van der Waals surface area contributed by atoms with E-state index in [1.807, 2.05) is 0 Å². The van der Waals surface area contributed by atoms with Crippen molar-refractivity contribution in [2.45, 2.75) is 57.5 Å². The second kappa shape index (κ2) is 7.62. The zero-order valence-electron chi connectivity index (χ0n) is 10.9. The van der Waals surface area contributed by atoms with Gasteiger partial charge in [-0.25, -0.2) is 4.79 Å². The minimum absolute atomic E-state index is 0.231. The lowest BCUT2D eigenvalue weighted by Gasteiger charge is -2.26. The van der Waals surface area contributed by atoms with Crippen LogP contribution in [0.1, 0.15) is 51.9 Å². The molecule has 1 aliphatic rings. The predicted octanol–water partition coefficient (Wildman–Crippen LogP) is 2.81. The average molecular weight is 277 g/mol. The zero-order valence-corrected chi connectivity index (χ0v) is 11.6. The Bertz CT molecular complexity index is 285. The van der Waals surface area contributed by atoms with Crippen LogP contribution < -0.4 is 0 Å². The van der Waals surface area contributed by atoms with E-state index in [2.05, 4.69) is 6.92 Å². The summed E-state index contributed by atoms with van der Waals surface area (Å²) in [6.07, 6.45) is 5.79. The van der Waals surface area contributed by atoms with Crippen LogP contribution >= 0.6 is 11.6 Å². The van der Waals surface area contributed by atoms with Crippen molar-refractivity contribution in [2.24, 2.45) is 0 Å². The van der Waals surface area contributed by atoms with Gasteiger partial charge in [-0.05, 0) is 32.1 Å². The lowest BCUT2D eigenvalue weighted by molar-refractivity contribution is -0.180. The first-order valence-electron chi connectivity index (χ1n) is 6.59. The molecular weight excluding hydrogens is 256 g/mol. The molecule has 0 bridgehead atoms. The molecule has 18 heavy (non-hydrogen) atoms. The number of hydrogen-bond acceptors (Lipinski definition) is 4. The smallest absolute Gasteiger partial charge is 0.350 e. The monoisotopic (exact) mass is 276 g/mol. The Morgan fingerprint density at radius 2 is 1.89 bits per heavy atom. The van der Waals surface area contributed by atoms with E-state index in [4.69, 9.17) is 21.1 Å². The molecule has 5 heteroatoms. The Kier molecular flexibility index (Phi) is 6.47. The van der Waals surface area contributed by atoms with Crippen molar-refractivity contribution in [2.75, 3.05) is 12.5 Å². The van der Waals surface area contributed by atoms with Crippen LogP contribution in [0.3, 0.4) is 0 Å². The molecule has 1 saturated carbocycles. The van der Waals surface area contributed by atoms with Crippen molar-refractivity contribution in [3.63, 3.8) is 0 Å². The third-order valence-corrected chi connectivity index (χ3v) is 3.40. The van der Waals surface area contributed by atoms with Crippen molar-refractivity contribution in [3.05, 3.63) is 0 Å². The average Bonchev–Trinajstić information content (AvgIpc) is 2.84. The summed E-state index contributed by atoms with van der Waals surface area (Å²) in [5.74, 6) is -1.19. The van der Waals surface area contributed by atoms with Gasteiger partial charge in [-0.15, -0.1) is 11.6 Å². The number of carbonyl (C=O) groups excluding carboxylic acids is 2. The van der Waals surface area contributed by atoms with Gasteiger partial charge in [0, 0.05) is 0 Å². The van der Waals surface area contributed by atoms with E-state index < -0.39 is 17.5 Å². The summed E-state index contributed by atoms with van der Waals surface area (Å²) in [5.41, 5.74) is -1.07. The number of rotatable bonds is 7.